The van der Waals surface area contributed by atoms with Crippen LogP contribution in [-0.2, 0) is 16.1 Å². The number of hydrogen-bond donors (Lipinski definition) is 1. The van der Waals surface area contributed by atoms with Crippen LogP contribution in [0, 0.1) is 13.8 Å². The molecule has 1 heterocycles. The van der Waals surface area contributed by atoms with Crippen LogP contribution >= 0.6 is 0 Å². The number of carbonyl (C=O) groups is 2. The van der Waals surface area contributed by atoms with E-state index in [2.05, 4.69) is 11.4 Å². The molecule has 0 radical (unpaired) electrons. The smallest absolute Gasteiger partial charge is 0.278 e. The summed E-state index contributed by atoms with van der Waals surface area (Å²) in [6, 6.07) is 20.6. The quantitative estimate of drug-likeness (QED) is 0.537. The second kappa shape index (κ2) is 9.20. The summed E-state index contributed by atoms with van der Waals surface area (Å²) in [7, 11) is 3.09. The van der Waals surface area contributed by atoms with Crippen LogP contribution < -0.4 is 14.8 Å². The molecule has 6 heteroatoms. The van der Waals surface area contributed by atoms with Gasteiger partial charge < -0.3 is 14.8 Å². The highest BCUT2D eigenvalue weighted by Gasteiger charge is 2.39. The lowest BCUT2D eigenvalue weighted by atomic mass is 10.0. The largest absolute Gasteiger partial charge is 0.493 e. The summed E-state index contributed by atoms with van der Waals surface area (Å²) in [5, 5.41) is 3.23. The van der Waals surface area contributed by atoms with E-state index in [-0.39, 0.29) is 24.1 Å². The number of methoxy groups -OCH3 is 2. The first kappa shape index (κ1) is 22.1. The molecule has 1 N–H and O–H groups in total. The van der Waals surface area contributed by atoms with Gasteiger partial charge in [0.1, 0.15) is 5.70 Å². The van der Waals surface area contributed by atoms with Gasteiger partial charge in [-0.05, 0) is 60.4 Å². The van der Waals surface area contributed by atoms with E-state index >= 15 is 0 Å². The molecule has 0 atom stereocenters. The molecule has 0 saturated carbocycles. The summed E-state index contributed by atoms with van der Waals surface area (Å²) in [5.41, 5.74) is 4.87. The summed E-state index contributed by atoms with van der Waals surface area (Å²) >= 11 is 0. The van der Waals surface area contributed by atoms with Crippen molar-refractivity contribution in [1.82, 2.24) is 4.90 Å². The van der Waals surface area contributed by atoms with Crippen LogP contribution in [0.25, 0.3) is 5.57 Å². The number of amides is 2. The van der Waals surface area contributed by atoms with Gasteiger partial charge in [-0.3, -0.25) is 14.5 Å². The number of benzene rings is 3. The van der Waals surface area contributed by atoms with Gasteiger partial charge in [-0.2, -0.15) is 0 Å². The van der Waals surface area contributed by atoms with Gasteiger partial charge in [-0.15, -0.1) is 0 Å². The molecule has 6 nitrogen and oxygen atoms in total. The zero-order valence-corrected chi connectivity index (χ0v) is 19.1. The maximum Gasteiger partial charge on any atom is 0.278 e. The van der Waals surface area contributed by atoms with Crippen LogP contribution in [0.1, 0.15) is 22.3 Å². The fraction of sp³-hybridized carbons (Fsp3) is 0.185. The topological polar surface area (TPSA) is 67.9 Å². The van der Waals surface area contributed by atoms with Crippen molar-refractivity contribution in [2.75, 3.05) is 19.5 Å². The molecule has 0 saturated heterocycles. The Morgan fingerprint density at radius 1 is 0.788 bits per heavy atom. The highest BCUT2D eigenvalue weighted by Crippen LogP contribution is 2.36. The molecule has 1 aliphatic heterocycles. The third kappa shape index (κ3) is 4.46. The number of anilines is 1. The first-order valence-corrected chi connectivity index (χ1v) is 10.6. The molecule has 0 aliphatic carbocycles. The average molecular weight is 443 g/mol. The predicted molar refractivity (Wildman–Crippen MR) is 128 cm³/mol. The monoisotopic (exact) mass is 442 g/mol. The van der Waals surface area contributed by atoms with Gasteiger partial charge in [0.05, 0.1) is 26.3 Å². The molecular weight excluding hydrogens is 416 g/mol. The lowest BCUT2D eigenvalue weighted by Crippen LogP contribution is -2.32. The maximum atomic E-state index is 13.5. The molecule has 0 bridgehead atoms. The minimum atomic E-state index is -0.368. The fourth-order valence-electron chi connectivity index (χ4n) is 4.05. The molecule has 0 spiro atoms. The zero-order valence-electron chi connectivity index (χ0n) is 19.1. The van der Waals surface area contributed by atoms with Crippen molar-refractivity contribution >= 4 is 23.1 Å². The molecular formula is C27H26N2O4. The minimum absolute atomic E-state index is 0.188. The standard InChI is InChI=1S/C27H26N2O4/c1-17-12-18(2)14-21(13-17)28-25-24(20-10-11-22(32-3)23(15-20)33-4)26(30)29(27(25)31)16-19-8-6-5-7-9-19/h5-15,28H,16H2,1-4H3. The normalized spacial score (nSPS) is 13.5. The summed E-state index contributed by atoms with van der Waals surface area (Å²) in [6.07, 6.45) is 0. The van der Waals surface area contributed by atoms with E-state index in [9.17, 15) is 9.59 Å². The van der Waals surface area contributed by atoms with Crippen LogP contribution in [-0.4, -0.2) is 30.9 Å². The van der Waals surface area contributed by atoms with Gasteiger partial charge in [-0.1, -0.05) is 42.5 Å². The fourth-order valence-corrected chi connectivity index (χ4v) is 4.05. The molecule has 4 rings (SSSR count). The van der Waals surface area contributed by atoms with E-state index in [1.807, 2.05) is 56.3 Å². The van der Waals surface area contributed by atoms with Crippen LogP contribution in [0.15, 0.2) is 72.4 Å². The maximum absolute atomic E-state index is 13.5. The van der Waals surface area contributed by atoms with Crippen molar-refractivity contribution in [3.8, 4) is 11.5 Å². The second-order valence-electron chi connectivity index (χ2n) is 8.00. The molecule has 3 aromatic rings. The van der Waals surface area contributed by atoms with Crippen LogP contribution in [0.3, 0.4) is 0 Å². The van der Waals surface area contributed by atoms with E-state index in [4.69, 9.17) is 9.47 Å². The molecule has 1 aliphatic rings. The van der Waals surface area contributed by atoms with Crippen molar-refractivity contribution in [2.24, 2.45) is 0 Å². The molecule has 0 fully saturated rings. The van der Waals surface area contributed by atoms with Gasteiger partial charge in [0.15, 0.2) is 11.5 Å². The Morgan fingerprint density at radius 3 is 2.09 bits per heavy atom. The van der Waals surface area contributed by atoms with Gasteiger partial charge in [0.25, 0.3) is 11.8 Å². The number of rotatable bonds is 7. The summed E-state index contributed by atoms with van der Waals surface area (Å²) in [4.78, 5) is 28.3. The van der Waals surface area contributed by atoms with E-state index in [0.717, 1.165) is 22.4 Å². The number of ether oxygens (including phenoxy) is 2. The molecule has 0 unspecified atom stereocenters. The summed E-state index contributed by atoms with van der Waals surface area (Å²) in [5.74, 6) is 0.300. The molecule has 33 heavy (non-hydrogen) atoms. The third-order valence-corrected chi connectivity index (χ3v) is 5.51. The Labute approximate surface area is 193 Å². The van der Waals surface area contributed by atoms with Gasteiger partial charge in [0.2, 0.25) is 0 Å². The third-order valence-electron chi connectivity index (χ3n) is 5.51. The lowest BCUT2D eigenvalue weighted by molar-refractivity contribution is -0.137. The lowest BCUT2D eigenvalue weighted by Gasteiger charge is -2.15. The number of nitrogens with zero attached hydrogens (tertiary/aromatic N) is 1. The zero-order chi connectivity index (χ0) is 23.5. The summed E-state index contributed by atoms with van der Waals surface area (Å²) < 4.78 is 10.8. The first-order valence-electron chi connectivity index (χ1n) is 10.6. The van der Waals surface area contributed by atoms with E-state index in [0.29, 0.717) is 22.6 Å². The average Bonchev–Trinajstić information content (AvgIpc) is 3.02. The molecule has 168 valence electrons. The van der Waals surface area contributed by atoms with Gasteiger partial charge >= 0.3 is 0 Å². The van der Waals surface area contributed by atoms with Crippen molar-refractivity contribution in [1.29, 1.82) is 0 Å². The Kier molecular flexibility index (Phi) is 6.18. The van der Waals surface area contributed by atoms with Gasteiger partial charge in [-0.25, -0.2) is 0 Å². The highest BCUT2D eigenvalue weighted by molar-refractivity contribution is 6.36. The summed E-state index contributed by atoms with van der Waals surface area (Å²) in [6.45, 7) is 4.17. The number of carbonyl (C=O) groups excluding carboxylic acids is 2. The van der Waals surface area contributed by atoms with Crippen LogP contribution in [0.4, 0.5) is 5.69 Å². The number of hydrogen-bond acceptors (Lipinski definition) is 5. The second-order valence-corrected chi connectivity index (χ2v) is 8.00. The van der Waals surface area contributed by atoms with Crippen LogP contribution in [0.5, 0.6) is 11.5 Å². The molecule has 3 aromatic carbocycles. The number of imide groups is 1. The predicted octanol–water partition coefficient (Wildman–Crippen LogP) is 4.71. The first-order chi connectivity index (χ1) is 15.9. The van der Waals surface area contributed by atoms with Crippen molar-refractivity contribution in [3.63, 3.8) is 0 Å². The van der Waals surface area contributed by atoms with Crippen molar-refractivity contribution in [3.05, 3.63) is 94.7 Å². The molecule has 0 aromatic heterocycles. The molecule has 2 amide bonds. The Morgan fingerprint density at radius 2 is 1.45 bits per heavy atom. The number of nitrogens with one attached hydrogen (secondary N) is 1. The number of aryl methyl sites for hydroxylation is 2. The van der Waals surface area contributed by atoms with Crippen molar-refractivity contribution in [2.45, 2.75) is 20.4 Å². The Hall–Kier alpha value is -4.06. The SMILES string of the molecule is COc1ccc(C2=C(Nc3cc(C)cc(C)c3)C(=O)N(Cc3ccccc3)C2=O)cc1OC. The minimum Gasteiger partial charge on any atom is -0.493 e. The van der Waals surface area contributed by atoms with Crippen molar-refractivity contribution < 1.29 is 19.1 Å². The Balaban J connectivity index is 1.80. The van der Waals surface area contributed by atoms with E-state index < -0.39 is 0 Å². The van der Waals surface area contributed by atoms with Crippen LogP contribution in [0.2, 0.25) is 0 Å². The van der Waals surface area contributed by atoms with Gasteiger partial charge in [0, 0.05) is 5.69 Å². The van der Waals surface area contributed by atoms with E-state index in [1.54, 1.807) is 25.3 Å². The Bertz CT molecular complexity index is 1230. The van der Waals surface area contributed by atoms with E-state index in [1.165, 1.54) is 12.0 Å². The highest BCUT2D eigenvalue weighted by atomic mass is 16.5.